The molecule has 1 saturated heterocycles. The van der Waals surface area contributed by atoms with Gasteiger partial charge in [0.25, 0.3) is 5.91 Å². The Balaban J connectivity index is 1.62. The second-order valence-corrected chi connectivity index (χ2v) is 6.46. The van der Waals surface area contributed by atoms with Gasteiger partial charge in [0.05, 0.1) is 6.20 Å². The van der Waals surface area contributed by atoms with Crippen molar-refractivity contribution < 1.29 is 9.59 Å². The SMILES string of the molecule is CC(=O)Nc1nc(C(=O)N2CCCC(Cn3ccnn3)C2)cs1. The van der Waals surface area contributed by atoms with Crippen molar-refractivity contribution in [2.75, 3.05) is 18.4 Å². The van der Waals surface area contributed by atoms with Gasteiger partial charge in [-0.15, -0.1) is 16.4 Å². The Hall–Kier alpha value is -2.29. The Kier molecular flexibility index (Phi) is 4.65. The number of piperidine rings is 1. The molecule has 23 heavy (non-hydrogen) atoms. The monoisotopic (exact) mass is 334 g/mol. The molecule has 2 aromatic heterocycles. The number of amides is 2. The van der Waals surface area contributed by atoms with Crippen LogP contribution in [-0.4, -0.2) is 49.8 Å². The number of likely N-dealkylation sites (tertiary alicyclic amines) is 1. The van der Waals surface area contributed by atoms with Crippen molar-refractivity contribution >= 4 is 28.3 Å². The fourth-order valence-corrected chi connectivity index (χ4v) is 3.47. The number of nitrogens with zero attached hydrogens (tertiary/aromatic N) is 5. The minimum Gasteiger partial charge on any atom is -0.337 e. The summed E-state index contributed by atoms with van der Waals surface area (Å²) >= 11 is 1.26. The van der Waals surface area contributed by atoms with Crippen molar-refractivity contribution in [2.24, 2.45) is 5.92 Å². The van der Waals surface area contributed by atoms with E-state index in [0.29, 0.717) is 23.3 Å². The quantitative estimate of drug-likeness (QED) is 0.908. The number of hydrogen-bond donors (Lipinski definition) is 1. The molecule has 3 heterocycles. The largest absolute Gasteiger partial charge is 0.337 e. The third kappa shape index (κ3) is 3.92. The van der Waals surface area contributed by atoms with Gasteiger partial charge in [0.15, 0.2) is 5.13 Å². The minimum atomic E-state index is -0.191. The number of aromatic nitrogens is 4. The fraction of sp³-hybridized carbons (Fsp3) is 0.500. The highest BCUT2D eigenvalue weighted by Crippen LogP contribution is 2.22. The van der Waals surface area contributed by atoms with E-state index in [2.05, 4.69) is 20.6 Å². The van der Waals surface area contributed by atoms with Crippen LogP contribution >= 0.6 is 11.3 Å². The lowest BCUT2D eigenvalue weighted by Crippen LogP contribution is -2.41. The molecule has 2 aromatic rings. The summed E-state index contributed by atoms with van der Waals surface area (Å²) in [5, 5.41) is 12.5. The maximum atomic E-state index is 12.6. The second kappa shape index (κ2) is 6.86. The predicted octanol–water partition coefficient (Wildman–Crippen LogP) is 1.25. The summed E-state index contributed by atoms with van der Waals surface area (Å²) in [6, 6.07) is 0. The van der Waals surface area contributed by atoms with Gasteiger partial charge in [-0.3, -0.25) is 14.3 Å². The first kappa shape index (κ1) is 15.6. The number of carbonyl (C=O) groups is 2. The molecule has 122 valence electrons. The summed E-state index contributed by atoms with van der Waals surface area (Å²) in [4.78, 5) is 29.6. The van der Waals surface area contributed by atoms with Crippen molar-refractivity contribution in [1.29, 1.82) is 0 Å². The average Bonchev–Trinajstić information content (AvgIpc) is 3.18. The molecule has 0 spiro atoms. The van der Waals surface area contributed by atoms with Gasteiger partial charge in [-0.25, -0.2) is 4.98 Å². The van der Waals surface area contributed by atoms with Crippen LogP contribution in [0, 0.1) is 5.92 Å². The molecule has 0 bridgehead atoms. The highest BCUT2D eigenvalue weighted by molar-refractivity contribution is 7.14. The zero-order chi connectivity index (χ0) is 16.2. The second-order valence-electron chi connectivity index (χ2n) is 5.60. The lowest BCUT2D eigenvalue weighted by atomic mass is 9.98. The normalized spacial score (nSPS) is 18.0. The molecule has 9 heteroatoms. The molecular weight excluding hydrogens is 316 g/mol. The van der Waals surface area contributed by atoms with E-state index in [4.69, 9.17) is 0 Å². The molecule has 1 unspecified atom stereocenters. The van der Waals surface area contributed by atoms with Gasteiger partial charge in [-0.2, -0.15) is 0 Å². The Morgan fingerprint density at radius 2 is 2.35 bits per heavy atom. The fourth-order valence-electron chi connectivity index (χ4n) is 2.74. The Labute approximate surface area is 137 Å². The summed E-state index contributed by atoms with van der Waals surface area (Å²) in [6.45, 7) is 3.60. The van der Waals surface area contributed by atoms with Crippen LogP contribution in [0.15, 0.2) is 17.8 Å². The van der Waals surface area contributed by atoms with Crippen molar-refractivity contribution in [3.8, 4) is 0 Å². The Morgan fingerprint density at radius 1 is 1.48 bits per heavy atom. The van der Waals surface area contributed by atoms with Gasteiger partial charge in [-0.05, 0) is 18.8 Å². The van der Waals surface area contributed by atoms with E-state index in [1.807, 2.05) is 11.1 Å². The van der Waals surface area contributed by atoms with E-state index >= 15 is 0 Å². The molecule has 0 saturated carbocycles. The van der Waals surface area contributed by atoms with E-state index in [0.717, 1.165) is 25.9 Å². The van der Waals surface area contributed by atoms with E-state index in [1.54, 1.807) is 16.3 Å². The van der Waals surface area contributed by atoms with Crippen LogP contribution in [0.25, 0.3) is 0 Å². The van der Waals surface area contributed by atoms with Gasteiger partial charge in [0.1, 0.15) is 5.69 Å². The summed E-state index contributed by atoms with van der Waals surface area (Å²) in [6.07, 6.45) is 5.52. The molecule has 1 fully saturated rings. The molecule has 8 nitrogen and oxygen atoms in total. The van der Waals surface area contributed by atoms with Crippen molar-refractivity contribution in [1.82, 2.24) is 24.9 Å². The van der Waals surface area contributed by atoms with Crippen molar-refractivity contribution in [2.45, 2.75) is 26.3 Å². The molecule has 1 aliphatic heterocycles. The average molecular weight is 334 g/mol. The number of rotatable bonds is 4. The van der Waals surface area contributed by atoms with Crippen molar-refractivity contribution in [3.05, 3.63) is 23.5 Å². The van der Waals surface area contributed by atoms with Gasteiger partial charge < -0.3 is 10.2 Å². The molecule has 2 amide bonds. The number of nitrogens with one attached hydrogen (secondary N) is 1. The highest BCUT2D eigenvalue weighted by atomic mass is 32.1. The first-order chi connectivity index (χ1) is 11.1. The first-order valence-electron chi connectivity index (χ1n) is 7.48. The number of carbonyl (C=O) groups excluding carboxylic acids is 2. The van der Waals surface area contributed by atoms with E-state index in [-0.39, 0.29) is 11.8 Å². The van der Waals surface area contributed by atoms with Crippen LogP contribution < -0.4 is 5.32 Å². The summed E-state index contributed by atoms with van der Waals surface area (Å²) in [7, 11) is 0. The summed E-state index contributed by atoms with van der Waals surface area (Å²) < 4.78 is 1.80. The third-order valence-electron chi connectivity index (χ3n) is 3.73. The summed E-state index contributed by atoms with van der Waals surface area (Å²) in [5.74, 6) is 0.0909. The molecule has 0 aromatic carbocycles. The van der Waals surface area contributed by atoms with Crippen molar-refractivity contribution in [3.63, 3.8) is 0 Å². The highest BCUT2D eigenvalue weighted by Gasteiger charge is 2.26. The van der Waals surface area contributed by atoms with E-state index < -0.39 is 0 Å². The third-order valence-corrected chi connectivity index (χ3v) is 4.49. The van der Waals surface area contributed by atoms with Crippen LogP contribution in [0.4, 0.5) is 5.13 Å². The standard InChI is InChI=1S/C14H18N6O2S/c1-10(21)16-14-17-12(9-23-14)13(22)19-5-2-3-11(7-19)8-20-6-4-15-18-20/h4,6,9,11H,2-3,5,7-8H2,1H3,(H,16,17,21). The molecule has 1 aliphatic rings. The van der Waals surface area contributed by atoms with Gasteiger partial charge in [0, 0.05) is 38.1 Å². The van der Waals surface area contributed by atoms with Crippen LogP contribution in [0.3, 0.4) is 0 Å². The number of hydrogen-bond acceptors (Lipinski definition) is 6. The lowest BCUT2D eigenvalue weighted by molar-refractivity contribution is -0.114. The maximum Gasteiger partial charge on any atom is 0.273 e. The summed E-state index contributed by atoms with van der Waals surface area (Å²) in [5.41, 5.74) is 0.389. The smallest absolute Gasteiger partial charge is 0.273 e. The van der Waals surface area contributed by atoms with Gasteiger partial charge >= 0.3 is 0 Å². The van der Waals surface area contributed by atoms with Crippen LogP contribution in [0.1, 0.15) is 30.3 Å². The van der Waals surface area contributed by atoms with E-state index in [9.17, 15) is 9.59 Å². The molecule has 0 radical (unpaired) electrons. The maximum absolute atomic E-state index is 12.6. The topological polar surface area (TPSA) is 93.0 Å². The minimum absolute atomic E-state index is 0.0823. The zero-order valence-corrected chi connectivity index (χ0v) is 13.6. The van der Waals surface area contributed by atoms with Gasteiger partial charge in [-0.1, -0.05) is 5.21 Å². The Morgan fingerprint density at radius 3 is 3.09 bits per heavy atom. The lowest BCUT2D eigenvalue weighted by Gasteiger charge is -2.32. The zero-order valence-electron chi connectivity index (χ0n) is 12.8. The Bertz CT molecular complexity index is 683. The number of anilines is 1. The first-order valence-corrected chi connectivity index (χ1v) is 8.36. The van der Waals surface area contributed by atoms with Gasteiger partial charge in [0.2, 0.25) is 5.91 Å². The van der Waals surface area contributed by atoms with E-state index in [1.165, 1.54) is 18.3 Å². The molecule has 3 rings (SSSR count). The van der Waals surface area contributed by atoms with Crippen LogP contribution in [-0.2, 0) is 11.3 Å². The number of thiazole rings is 1. The molecule has 1 N–H and O–H groups in total. The van der Waals surface area contributed by atoms with Crippen LogP contribution in [0.5, 0.6) is 0 Å². The predicted molar refractivity (Wildman–Crippen MR) is 85.1 cm³/mol. The molecule has 1 atom stereocenters. The molecular formula is C14H18N6O2S. The van der Waals surface area contributed by atoms with Crippen LogP contribution in [0.2, 0.25) is 0 Å². The molecule has 0 aliphatic carbocycles.